The monoisotopic (exact) mass is 232 g/mol. The molecule has 2 unspecified atom stereocenters. The standard InChI is InChI=1S/C10H20N2O4/c1-3-4-7(10(14)15)6-12-9(13)8(5-11)16-2/h7-8H,3-6,11H2,1-2H3,(H,12,13)(H,14,15). The van der Waals surface area contributed by atoms with Crippen LogP contribution >= 0.6 is 0 Å². The summed E-state index contributed by atoms with van der Waals surface area (Å²) in [7, 11) is 1.39. The van der Waals surface area contributed by atoms with Crippen molar-refractivity contribution in [2.75, 3.05) is 20.2 Å². The number of ether oxygens (including phenoxy) is 1. The Bertz CT molecular complexity index is 229. The second-order valence-electron chi connectivity index (χ2n) is 3.53. The summed E-state index contributed by atoms with van der Waals surface area (Å²) in [5.41, 5.74) is 5.31. The molecule has 94 valence electrons. The number of carbonyl (C=O) groups excluding carboxylic acids is 1. The van der Waals surface area contributed by atoms with Crippen LogP contribution in [0.5, 0.6) is 0 Å². The second kappa shape index (κ2) is 8.06. The number of aliphatic carboxylic acids is 1. The molecule has 0 spiro atoms. The molecule has 0 aromatic rings. The van der Waals surface area contributed by atoms with Gasteiger partial charge in [-0.3, -0.25) is 9.59 Å². The summed E-state index contributed by atoms with van der Waals surface area (Å²) in [6.45, 7) is 2.09. The molecule has 0 heterocycles. The van der Waals surface area contributed by atoms with Gasteiger partial charge in [0.05, 0.1) is 5.92 Å². The molecule has 1 amide bonds. The number of nitrogens with two attached hydrogens (primary N) is 1. The van der Waals surface area contributed by atoms with E-state index in [0.29, 0.717) is 6.42 Å². The lowest BCUT2D eigenvalue weighted by Crippen LogP contribution is -2.43. The average molecular weight is 232 g/mol. The topological polar surface area (TPSA) is 102 Å². The van der Waals surface area contributed by atoms with Crippen LogP contribution in [0.1, 0.15) is 19.8 Å². The SMILES string of the molecule is CCCC(CNC(=O)C(CN)OC)C(=O)O. The first-order valence-corrected chi connectivity index (χ1v) is 5.30. The van der Waals surface area contributed by atoms with Gasteiger partial charge in [0, 0.05) is 20.2 Å². The molecule has 0 radical (unpaired) electrons. The molecule has 0 aliphatic heterocycles. The van der Waals surface area contributed by atoms with Crippen LogP contribution < -0.4 is 11.1 Å². The Kier molecular flexibility index (Phi) is 7.49. The highest BCUT2D eigenvalue weighted by Crippen LogP contribution is 2.05. The van der Waals surface area contributed by atoms with Crippen LogP contribution in [0.25, 0.3) is 0 Å². The first-order chi connectivity index (χ1) is 7.56. The van der Waals surface area contributed by atoms with E-state index in [-0.39, 0.29) is 19.0 Å². The van der Waals surface area contributed by atoms with Crippen LogP contribution in [0.15, 0.2) is 0 Å². The second-order valence-corrected chi connectivity index (χ2v) is 3.53. The quantitative estimate of drug-likeness (QED) is 0.527. The number of rotatable bonds is 8. The molecular weight excluding hydrogens is 212 g/mol. The third kappa shape index (κ3) is 5.09. The van der Waals surface area contributed by atoms with Crippen LogP contribution in [-0.2, 0) is 14.3 Å². The molecule has 0 aliphatic carbocycles. The third-order valence-corrected chi connectivity index (χ3v) is 2.30. The normalized spacial score (nSPS) is 14.2. The molecular formula is C10H20N2O4. The summed E-state index contributed by atoms with van der Waals surface area (Å²) in [4.78, 5) is 22.2. The molecule has 0 aromatic heterocycles. The van der Waals surface area contributed by atoms with Crippen molar-refractivity contribution in [3.63, 3.8) is 0 Å². The fourth-order valence-corrected chi connectivity index (χ4v) is 1.31. The maximum atomic E-state index is 11.4. The zero-order valence-corrected chi connectivity index (χ0v) is 9.73. The van der Waals surface area contributed by atoms with Crippen LogP contribution in [0.2, 0.25) is 0 Å². The number of hydrogen-bond acceptors (Lipinski definition) is 4. The van der Waals surface area contributed by atoms with Crippen molar-refractivity contribution < 1.29 is 19.4 Å². The molecule has 0 rings (SSSR count). The Hall–Kier alpha value is -1.14. The number of hydrogen-bond donors (Lipinski definition) is 3. The third-order valence-electron chi connectivity index (χ3n) is 2.30. The van der Waals surface area contributed by atoms with Crippen LogP contribution in [0.4, 0.5) is 0 Å². The van der Waals surface area contributed by atoms with E-state index < -0.39 is 18.0 Å². The van der Waals surface area contributed by atoms with Gasteiger partial charge in [0.15, 0.2) is 0 Å². The zero-order chi connectivity index (χ0) is 12.6. The van der Waals surface area contributed by atoms with E-state index in [1.807, 2.05) is 6.92 Å². The van der Waals surface area contributed by atoms with Gasteiger partial charge in [0.2, 0.25) is 5.91 Å². The number of methoxy groups -OCH3 is 1. The van der Waals surface area contributed by atoms with Crippen molar-refractivity contribution in [2.24, 2.45) is 11.7 Å². The van der Waals surface area contributed by atoms with E-state index in [1.54, 1.807) is 0 Å². The highest BCUT2D eigenvalue weighted by Gasteiger charge is 2.20. The van der Waals surface area contributed by atoms with Gasteiger partial charge in [-0.2, -0.15) is 0 Å². The first-order valence-electron chi connectivity index (χ1n) is 5.30. The summed E-state index contributed by atoms with van der Waals surface area (Å²) < 4.78 is 4.83. The van der Waals surface area contributed by atoms with Gasteiger partial charge in [-0.1, -0.05) is 13.3 Å². The molecule has 0 bridgehead atoms. The van der Waals surface area contributed by atoms with Gasteiger partial charge >= 0.3 is 5.97 Å². The molecule has 0 aromatic carbocycles. The Morgan fingerprint density at radius 1 is 1.50 bits per heavy atom. The Balaban J connectivity index is 4.09. The summed E-state index contributed by atoms with van der Waals surface area (Å²) in [5, 5.41) is 11.4. The molecule has 0 saturated carbocycles. The van der Waals surface area contributed by atoms with E-state index in [2.05, 4.69) is 5.32 Å². The number of nitrogens with one attached hydrogen (secondary N) is 1. The lowest BCUT2D eigenvalue weighted by Gasteiger charge is -2.16. The average Bonchev–Trinajstić information content (AvgIpc) is 2.25. The maximum absolute atomic E-state index is 11.4. The zero-order valence-electron chi connectivity index (χ0n) is 9.73. The van der Waals surface area contributed by atoms with Gasteiger partial charge in [-0.05, 0) is 6.42 Å². The number of carbonyl (C=O) groups is 2. The number of carboxylic acid groups (broad SMARTS) is 1. The predicted molar refractivity (Wildman–Crippen MR) is 58.9 cm³/mol. The summed E-state index contributed by atoms with van der Waals surface area (Å²) in [6, 6.07) is 0. The van der Waals surface area contributed by atoms with Crippen molar-refractivity contribution in [2.45, 2.75) is 25.9 Å². The van der Waals surface area contributed by atoms with Gasteiger partial charge in [0.1, 0.15) is 6.10 Å². The van der Waals surface area contributed by atoms with Gasteiger partial charge in [-0.25, -0.2) is 0 Å². The maximum Gasteiger partial charge on any atom is 0.308 e. The summed E-state index contributed by atoms with van der Waals surface area (Å²) >= 11 is 0. The van der Waals surface area contributed by atoms with E-state index in [9.17, 15) is 9.59 Å². The molecule has 6 heteroatoms. The van der Waals surface area contributed by atoms with Crippen LogP contribution in [-0.4, -0.2) is 43.3 Å². The highest BCUT2D eigenvalue weighted by atomic mass is 16.5. The smallest absolute Gasteiger partial charge is 0.308 e. The van der Waals surface area contributed by atoms with E-state index >= 15 is 0 Å². The molecule has 16 heavy (non-hydrogen) atoms. The fourth-order valence-electron chi connectivity index (χ4n) is 1.31. The van der Waals surface area contributed by atoms with Crippen LogP contribution in [0.3, 0.4) is 0 Å². The summed E-state index contributed by atoms with van der Waals surface area (Å²) in [5.74, 6) is -1.82. The van der Waals surface area contributed by atoms with E-state index in [0.717, 1.165) is 6.42 Å². The summed E-state index contributed by atoms with van der Waals surface area (Å²) in [6.07, 6.45) is 0.587. The molecule has 2 atom stereocenters. The van der Waals surface area contributed by atoms with Crippen molar-refractivity contribution in [3.05, 3.63) is 0 Å². The lowest BCUT2D eigenvalue weighted by atomic mass is 10.0. The molecule has 0 aliphatic rings. The lowest BCUT2D eigenvalue weighted by molar-refractivity contribution is -0.142. The Labute approximate surface area is 95.1 Å². The Morgan fingerprint density at radius 2 is 2.12 bits per heavy atom. The molecule has 6 nitrogen and oxygen atoms in total. The highest BCUT2D eigenvalue weighted by molar-refractivity contribution is 5.81. The van der Waals surface area contributed by atoms with E-state index in [4.69, 9.17) is 15.6 Å². The van der Waals surface area contributed by atoms with E-state index in [1.165, 1.54) is 7.11 Å². The minimum atomic E-state index is -0.899. The van der Waals surface area contributed by atoms with Crippen molar-refractivity contribution in [3.8, 4) is 0 Å². The molecule has 0 saturated heterocycles. The van der Waals surface area contributed by atoms with Gasteiger partial charge in [0.25, 0.3) is 0 Å². The minimum Gasteiger partial charge on any atom is -0.481 e. The van der Waals surface area contributed by atoms with Crippen molar-refractivity contribution >= 4 is 11.9 Å². The number of carboxylic acids is 1. The predicted octanol–water partition coefficient (Wildman–Crippen LogP) is -0.423. The van der Waals surface area contributed by atoms with Gasteiger partial charge < -0.3 is 20.9 Å². The Morgan fingerprint density at radius 3 is 2.50 bits per heavy atom. The first kappa shape index (κ1) is 14.9. The number of amides is 1. The molecule has 0 fully saturated rings. The molecule has 4 N–H and O–H groups in total. The van der Waals surface area contributed by atoms with Crippen molar-refractivity contribution in [1.29, 1.82) is 0 Å². The fraction of sp³-hybridized carbons (Fsp3) is 0.800. The van der Waals surface area contributed by atoms with Crippen molar-refractivity contribution in [1.82, 2.24) is 5.32 Å². The minimum absolute atomic E-state index is 0.0772. The van der Waals surface area contributed by atoms with Gasteiger partial charge in [-0.15, -0.1) is 0 Å². The van der Waals surface area contributed by atoms with Crippen LogP contribution in [0, 0.1) is 5.92 Å². The largest absolute Gasteiger partial charge is 0.481 e.